The SMILES string of the molecule is COC(=O)NC(C(=O)O)C1COC1. The zero-order valence-corrected chi connectivity index (χ0v) is 7.15. The van der Waals surface area contributed by atoms with Crippen LogP contribution in [-0.4, -0.2) is 43.5 Å². The minimum atomic E-state index is -1.07. The number of carbonyl (C=O) groups is 2. The van der Waals surface area contributed by atoms with Crippen LogP contribution in [0.5, 0.6) is 0 Å². The van der Waals surface area contributed by atoms with Crippen LogP contribution in [0.4, 0.5) is 4.79 Å². The van der Waals surface area contributed by atoms with E-state index in [1.807, 2.05) is 0 Å². The van der Waals surface area contributed by atoms with Gasteiger partial charge in [-0.05, 0) is 0 Å². The van der Waals surface area contributed by atoms with Crippen molar-refractivity contribution in [3.05, 3.63) is 0 Å². The molecular formula is C7H11NO5. The molecule has 1 atom stereocenters. The first kappa shape index (κ1) is 9.79. The minimum Gasteiger partial charge on any atom is -0.480 e. The van der Waals surface area contributed by atoms with E-state index in [4.69, 9.17) is 9.84 Å². The first-order valence-corrected chi connectivity index (χ1v) is 3.80. The maximum Gasteiger partial charge on any atom is 0.407 e. The highest BCUT2D eigenvalue weighted by atomic mass is 16.5. The molecule has 74 valence electrons. The lowest BCUT2D eigenvalue weighted by atomic mass is 9.98. The molecule has 0 aromatic carbocycles. The summed E-state index contributed by atoms with van der Waals surface area (Å²) >= 11 is 0. The first-order valence-electron chi connectivity index (χ1n) is 3.80. The lowest BCUT2D eigenvalue weighted by Gasteiger charge is -2.31. The highest BCUT2D eigenvalue weighted by molar-refractivity contribution is 5.80. The molecule has 0 aromatic heterocycles. The van der Waals surface area contributed by atoms with Crippen molar-refractivity contribution in [2.24, 2.45) is 5.92 Å². The van der Waals surface area contributed by atoms with E-state index in [0.717, 1.165) is 0 Å². The number of hydrogen-bond acceptors (Lipinski definition) is 4. The Kier molecular flexibility index (Phi) is 3.07. The van der Waals surface area contributed by atoms with Gasteiger partial charge >= 0.3 is 12.1 Å². The van der Waals surface area contributed by atoms with Crippen molar-refractivity contribution < 1.29 is 24.2 Å². The predicted molar refractivity (Wildman–Crippen MR) is 41.3 cm³/mol. The van der Waals surface area contributed by atoms with E-state index >= 15 is 0 Å². The number of aliphatic carboxylic acids is 1. The number of alkyl carbamates (subject to hydrolysis) is 1. The summed E-state index contributed by atoms with van der Waals surface area (Å²) in [6.07, 6.45) is -0.737. The van der Waals surface area contributed by atoms with Gasteiger partial charge in [0.25, 0.3) is 0 Å². The Morgan fingerprint density at radius 2 is 2.23 bits per heavy atom. The molecule has 0 radical (unpaired) electrons. The van der Waals surface area contributed by atoms with Crippen LogP contribution in [0.1, 0.15) is 0 Å². The van der Waals surface area contributed by atoms with Gasteiger partial charge in [-0.3, -0.25) is 0 Å². The molecule has 0 bridgehead atoms. The second-order valence-electron chi connectivity index (χ2n) is 2.75. The number of carboxylic acid groups (broad SMARTS) is 1. The fraction of sp³-hybridized carbons (Fsp3) is 0.714. The molecule has 1 fully saturated rings. The van der Waals surface area contributed by atoms with Gasteiger partial charge in [0.15, 0.2) is 0 Å². The molecule has 1 heterocycles. The average Bonchev–Trinajstić information content (AvgIpc) is 1.99. The number of nitrogens with one attached hydrogen (secondary N) is 1. The van der Waals surface area contributed by atoms with Crippen LogP contribution in [0.15, 0.2) is 0 Å². The summed E-state index contributed by atoms with van der Waals surface area (Å²) in [6, 6.07) is -0.916. The molecule has 1 aliphatic heterocycles. The Labute approximate surface area is 74.8 Å². The number of methoxy groups -OCH3 is 1. The van der Waals surface area contributed by atoms with Crippen molar-refractivity contribution in [1.82, 2.24) is 5.32 Å². The van der Waals surface area contributed by atoms with Gasteiger partial charge in [-0.1, -0.05) is 0 Å². The smallest absolute Gasteiger partial charge is 0.407 e. The van der Waals surface area contributed by atoms with E-state index in [1.54, 1.807) is 0 Å². The third-order valence-electron chi connectivity index (χ3n) is 1.86. The highest BCUT2D eigenvalue weighted by Gasteiger charge is 2.35. The lowest BCUT2D eigenvalue weighted by Crippen LogP contribution is -2.52. The quantitative estimate of drug-likeness (QED) is 0.621. The van der Waals surface area contributed by atoms with Crippen molar-refractivity contribution in [2.45, 2.75) is 6.04 Å². The molecule has 1 amide bonds. The number of carbonyl (C=O) groups excluding carboxylic acids is 1. The molecular weight excluding hydrogens is 178 g/mol. The van der Waals surface area contributed by atoms with Crippen molar-refractivity contribution in [3.63, 3.8) is 0 Å². The van der Waals surface area contributed by atoms with E-state index in [1.165, 1.54) is 7.11 Å². The largest absolute Gasteiger partial charge is 0.480 e. The molecule has 0 aliphatic carbocycles. The summed E-state index contributed by atoms with van der Waals surface area (Å²) in [5, 5.41) is 11.0. The van der Waals surface area contributed by atoms with Crippen LogP contribution in [0, 0.1) is 5.92 Å². The van der Waals surface area contributed by atoms with Crippen molar-refractivity contribution in [3.8, 4) is 0 Å². The molecule has 0 saturated carbocycles. The number of rotatable bonds is 3. The monoisotopic (exact) mass is 189 g/mol. The lowest BCUT2D eigenvalue weighted by molar-refractivity contribution is -0.146. The fourth-order valence-electron chi connectivity index (χ4n) is 1.01. The Morgan fingerprint density at radius 1 is 1.62 bits per heavy atom. The molecule has 6 nitrogen and oxygen atoms in total. The number of hydrogen-bond donors (Lipinski definition) is 2. The van der Waals surface area contributed by atoms with Crippen LogP contribution in [-0.2, 0) is 14.3 Å². The Balaban J connectivity index is 2.46. The second kappa shape index (κ2) is 4.08. The molecule has 1 unspecified atom stereocenters. The van der Waals surface area contributed by atoms with Crippen LogP contribution in [0.25, 0.3) is 0 Å². The summed E-state index contributed by atoms with van der Waals surface area (Å²) < 4.78 is 9.12. The maximum absolute atomic E-state index is 10.7. The molecule has 13 heavy (non-hydrogen) atoms. The number of ether oxygens (including phenoxy) is 2. The zero-order valence-electron chi connectivity index (χ0n) is 7.15. The Morgan fingerprint density at radius 3 is 2.54 bits per heavy atom. The third kappa shape index (κ3) is 2.32. The standard InChI is InChI=1S/C7H11NO5/c1-12-7(11)8-5(6(9)10)4-2-13-3-4/h4-5H,2-3H2,1H3,(H,8,11)(H,9,10). The highest BCUT2D eigenvalue weighted by Crippen LogP contribution is 2.15. The minimum absolute atomic E-state index is 0.156. The van der Waals surface area contributed by atoms with Gasteiger partial charge in [0.1, 0.15) is 6.04 Å². The third-order valence-corrected chi connectivity index (χ3v) is 1.86. The van der Waals surface area contributed by atoms with Gasteiger partial charge in [-0.25, -0.2) is 9.59 Å². The number of amides is 1. The van der Waals surface area contributed by atoms with Gasteiger partial charge in [-0.2, -0.15) is 0 Å². The van der Waals surface area contributed by atoms with Crippen LogP contribution >= 0.6 is 0 Å². The summed E-state index contributed by atoms with van der Waals surface area (Å²) in [4.78, 5) is 21.4. The summed E-state index contributed by atoms with van der Waals surface area (Å²) in [7, 11) is 1.19. The Bertz CT molecular complexity index is 213. The Hall–Kier alpha value is -1.30. The topological polar surface area (TPSA) is 84.9 Å². The van der Waals surface area contributed by atoms with Crippen molar-refractivity contribution >= 4 is 12.1 Å². The van der Waals surface area contributed by atoms with Gasteiger partial charge in [0.2, 0.25) is 0 Å². The van der Waals surface area contributed by atoms with Gasteiger partial charge in [0, 0.05) is 5.92 Å². The summed E-state index contributed by atoms with van der Waals surface area (Å²) in [5.74, 6) is -1.23. The van der Waals surface area contributed by atoms with Crippen LogP contribution in [0.2, 0.25) is 0 Å². The molecule has 2 N–H and O–H groups in total. The van der Waals surface area contributed by atoms with Crippen molar-refractivity contribution in [1.29, 1.82) is 0 Å². The molecule has 0 aromatic rings. The maximum atomic E-state index is 10.7. The summed E-state index contributed by atoms with van der Waals surface area (Å²) in [5.41, 5.74) is 0. The van der Waals surface area contributed by atoms with E-state index < -0.39 is 18.1 Å². The fourth-order valence-corrected chi connectivity index (χ4v) is 1.01. The predicted octanol–water partition coefficient (Wildman–Crippen LogP) is -0.558. The molecule has 1 rings (SSSR count). The molecule has 1 saturated heterocycles. The normalized spacial score (nSPS) is 18.5. The van der Waals surface area contributed by atoms with Gasteiger partial charge in [0.05, 0.1) is 20.3 Å². The number of carboxylic acids is 1. The van der Waals surface area contributed by atoms with E-state index in [0.29, 0.717) is 13.2 Å². The van der Waals surface area contributed by atoms with Gasteiger partial charge < -0.3 is 19.9 Å². The van der Waals surface area contributed by atoms with Crippen molar-refractivity contribution in [2.75, 3.05) is 20.3 Å². The van der Waals surface area contributed by atoms with E-state index in [-0.39, 0.29) is 5.92 Å². The first-order chi connectivity index (χ1) is 6.15. The van der Waals surface area contributed by atoms with Crippen LogP contribution in [0.3, 0.4) is 0 Å². The molecule has 6 heteroatoms. The second-order valence-corrected chi connectivity index (χ2v) is 2.75. The van der Waals surface area contributed by atoms with E-state index in [9.17, 15) is 9.59 Å². The van der Waals surface area contributed by atoms with Crippen LogP contribution < -0.4 is 5.32 Å². The van der Waals surface area contributed by atoms with E-state index in [2.05, 4.69) is 10.1 Å². The zero-order chi connectivity index (χ0) is 9.84. The van der Waals surface area contributed by atoms with Gasteiger partial charge in [-0.15, -0.1) is 0 Å². The molecule has 1 aliphatic rings. The molecule has 0 spiro atoms. The average molecular weight is 189 g/mol. The summed E-state index contributed by atoms with van der Waals surface area (Å²) in [6.45, 7) is 0.724.